The summed E-state index contributed by atoms with van der Waals surface area (Å²) in [5, 5.41) is 0.686. The van der Waals surface area contributed by atoms with Crippen molar-refractivity contribution in [1.29, 1.82) is 0 Å². The van der Waals surface area contributed by atoms with Gasteiger partial charge in [-0.1, -0.05) is 60.7 Å². The molecular weight excluding hydrogens is 465 g/mol. The van der Waals surface area contributed by atoms with Crippen molar-refractivity contribution in [2.75, 3.05) is 0 Å². The average molecular weight is 493 g/mol. The first-order valence-electron chi connectivity index (χ1n) is 11.6. The van der Waals surface area contributed by atoms with Crippen LogP contribution in [0.25, 0.3) is 22.2 Å². The van der Waals surface area contributed by atoms with E-state index in [1.807, 2.05) is 59.2 Å². The molecule has 0 bridgehead atoms. The highest BCUT2D eigenvalue weighted by Gasteiger charge is 2.32. The number of para-hydroxylation sites is 1. The molecule has 1 heterocycles. The van der Waals surface area contributed by atoms with Crippen LogP contribution < -0.4 is 5.73 Å². The number of carbonyl (C=O) groups is 2. The van der Waals surface area contributed by atoms with Crippen LogP contribution in [-0.4, -0.2) is 16.3 Å². The molecule has 0 saturated carbocycles. The van der Waals surface area contributed by atoms with Gasteiger partial charge in [-0.2, -0.15) is 13.2 Å². The smallest absolute Gasteiger partial charge is 0.369 e. The van der Waals surface area contributed by atoms with Crippen molar-refractivity contribution in [3.8, 4) is 11.3 Å². The van der Waals surface area contributed by atoms with E-state index in [-0.39, 0.29) is 18.7 Å². The Balaban J connectivity index is 1.89. The number of fused-ring (bicyclic) bond motifs is 1. The van der Waals surface area contributed by atoms with Crippen LogP contribution in [0.4, 0.5) is 13.2 Å². The van der Waals surface area contributed by atoms with E-state index in [1.165, 1.54) is 12.1 Å². The molecule has 7 heteroatoms. The summed E-state index contributed by atoms with van der Waals surface area (Å²) in [6.45, 7) is 3.57. The number of nitrogens with zero attached hydrogens (tertiary/aromatic N) is 1. The average Bonchev–Trinajstić information content (AvgIpc) is 3.16. The molecule has 4 aromatic rings. The van der Waals surface area contributed by atoms with Crippen LogP contribution in [0.5, 0.6) is 0 Å². The van der Waals surface area contributed by atoms with Crippen molar-refractivity contribution in [3.63, 3.8) is 0 Å². The van der Waals surface area contributed by atoms with Gasteiger partial charge in [-0.15, -0.1) is 0 Å². The lowest BCUT2D eigenvalue weighted by atomic mass is 9.92. The molecule has 0 aliphatic carbocycles. The van der Waals surface area contributed by atoms with E-state index in [0.717, 1.165) is 17.7 Å². The number of alkyl halides is 3. The predicted octanol–water partition coefficient (Wildman–Crippen LogP) is 6.65. The third kappa shape index (κ3) is 5.05. The fourth-order valence-corrected chi connectivity index (χ4v) is 4.37. The van der Waals surface area contributed by atoms with Gasteiger partial charge in [-0.25, -0.2) is 0 Å². The maximum Gasteiger partial charge on any atom is 0.416 e. The first-order chi connectivity index (χ1) is 17.0. The zero-order valence-corrected chi connectivity index (χ0v) is 20.1. The van der Waals surface area contributed by atoms with Crippen molar-refractivity contribution in [2.45, 2.75) is 39.4 Å². The van der Waals surface area contributed by atoms with Gasteiger partial charge >= 0.3 is 6.18 Å². The summed E-state index contributed by atoms with van der Waals surface area (Å²) >= 11 is 0. The largest absolute Gasteiger partial charge is 0.416 e. The van der Waals surface area contributed by atoms with E-state index < -0.39 is 23.1 Å². The van der Waals surface area contributed by atoms with E-state index in [1.54, 1.807) is 13.8 Å². The summed E-state index contributed by atoms with van der Waals surface area (Å²) in [6.07, 6.45) is -3.73. The van der Waals surface area contributed by atoms with Gasteiger partial charge in [-0.3, -0.25) is 9.59 Å². The number of nitrogens with two attached hydrogens (primary N) is 1. The minimum atomic E-state index is -4.48. The van der Waals surface area contributed by atoms with E-state index in [2.05, 4.69) is 0 Å². The van der Waals surface area contributed by atoms with Gasteiger partial charge in [0.15, 0.2) is 5.78 Å². The molecule has 0 radical (unpaired) electrons. The van der Waals surface area contributed by atoms with Crippen LogP contribution in [0.15, 0.2) is 78.9 Å². The molecule has 0 saturated heterocycles. The molecule has 4 nitrogen and oxygen atoms in total. The normalized spacial score (nSPS) is 12.1. The molecule has 1 amide bonds. The number of primary amides is 1. The number of rotatable bonds is 8. The van der Waals surface area contributed by atoms with Crippen LogP contribution in [0.1, 0.15) is 41.8 Å². The van der Waals surface area contributed by atoms with E-state index in [0.29, 0.717) is 34.1 Å². The second-order valence-electron chi connectivity index (χ2n) is 9.56. The Kier molecular flexibility index (Phi) is 6.76. The minimum Gasteiger partial charge on any atom is -0.369 e. The van der Waals surface area contributed by atoms with E-state index >= 15 is 0 Å². The standard InChI is InChI=1S/C29H27F3N2O2/c1-28(2,27(33)36)18-34-23-11-7-6-10-22(23)25(24(35)17-12-19-8-4-3-5-9-19)26(34)20-13-15-21(16-14-20)29(30,31)32/h3-11,13-16H,12,17-18H2,1-2H3,(H2,33,36). The minimum absolute atomic E-state index is 0.124. The highest BCUT2D eigenvalue weighted by Crippen LogP contribution is 2.38. The number of halogens is 3. The Morgan fingerprint density at radius 2 is 1.47 bits per heavy atom. The summed E-state index contributed by atoms with van der Waals surface area (Å²) in [5.74, 6) is -0.642. The first-order valence-corrected chi connectivity index (χ1v) is 11.6. The molecular formula is C29H27F3N2O2. The third-order valence-corrected chi connectivity index (χ3v) is 6.44. The molecule has 0 atom stereocenters. The molecule has 0 spiro atoms. The summed E-state index contributed by atoms with van der Waals surface area (Å²) in [6, 6.07) is 21.7. The topological polar surface area (TPSA) is 65.1 Å². The number of Topliss-reactive ketones (excluding diaryl/α,β-unsaturated/α-hetero) is 1. The molecule has 2 N–H and O–H groups in total. The third-order valence-electron chi connectivity index (χ3n) is 6.44. The molecule has 0 unspecified atom stereocenters. The summed E-state index contributed by atoms with van der Waals surface area (Å²) in [4.78, 5) is 25.9. The van der Waals surface area contributed by atoms with E-state index in [9.17, 15) is 22.8 Å². The summed E-state index contributed by atoms with van der Waals surface area (Å²) in [7, 11) is 0. The Bertz CT molecular complexity index is 1400. The summed E-state index contributed by atoms with van der Waals surface area (Å²) in [5.41, 5.74) is 7.02. The van der Waals surface area contributed by atoms with Gasteiger partial charge in [-0.05, 0) is 49.6 Å². The lowest BCUT2D eigenvalue weighted by Gasteiger charge is -2.24. The van der Waals surface area contributed by atoms with E-state index in [4.69, 9.17) is 5.73 Å². The van der Waals surface area contributed by atoms with Crippen LogP contribution in [-0.2, 0) is 23.9 Å². The highest BCUT2D eigenvalue weighted by molar-refractivity contribution is 6.13. The quantitative estimate of drug-likeness (QED) is 0.280. The fraction of sp³-hybridized carbons (Fsp3) is 0.241. The zero-order chi connectivity index (χ0) is 26.1. The Morgan fingerprint density at radius 3 is 2.08 bits per heavy atom. The van der Waals surface area contributed by atoms with Crippen LogP contribution >= 0.6 is 0 Å². The van der Waals surface area contributed by atoms with Gasteiger partial charge in [0.2, 0.25) is 5.91 Å². The maximum absolute atomic E-state index is 13.7. The molecule has 36 heavy (non-hydrogen) atoms. The molecule has 0 fully saturated rings. The van der Waals surface area contributed by atoms with Gasteiger partial charge in [0.05, 0.1) is 22.2 Å². The number of hydrogen-bond donors (Lipinski definition) is 1. The lowest BCUT2D eigenvalue weighted by molar-refractivity contribution is -0.137. The number of amides is 1. The molecule has 0 aliphatic heterocycles. The maximum atomic E-state index is 13.7. The predicted molar refractivity (Wildman–Crippen MR) is 134 cm³/mol. The number of aromatic nitrogens is 1. The van der Waals surface area contributed by atoms with Gasteiger partial charge in [0.1, 0.15) is 0 Å². The number of aryl methyl sites for hydroxylation is 1. The second kappa shape index (κ2) is 9.64. The number of hydrogen-bond acceptors (Lipinski definition) is 2. The van der Waals surface area contributed by atoms with Gasteiger partial charge in [0, 0.05) is 23.9 Å². The highest BCUT2D eigenvalue weighted by atomic mass is 19.4. The van der Waals surface area contributed by atoms with Crippen LogP contribution in [0, 0.1) is 5.41 Å². The number of ketones is 1. The van der Waals surface area contributed by atoms with Crippen molar-refractivity contribution in [1.82, 2.24) is 4.57 Å². The SMILES string of the molecule is CC(C)(Cn1c(-c2ccc(C(F)(F)F)cc2)c(C(=O)CCc2ccccc2)c2ccccc21)C(N)=O. The van der Waals surface area contributed by atoms with Gasteiger partial charge < -0.3 is 10.3 Å². The molecule has 186 valence electrons. The number of benzene rings is 3. The molecule has 3 aromatic carbocycles. The first kappa shape index (κ1) is 25.2. The fourth-order valence-electron chi connectivity index (χ4n) is 4.37. The second-order valence-corrected chi connectivity index (χ2v) is 9.56. The molecule has 0 aliphatic rings. The summed E-state index contributed by atoms with van der Waals surface area (Å²) < 4.78 is 41.5. The number of carbonyl (C=O) groups excluding carboxylic acids is 2. The Morgan fingerprint density at radius 1 is 0.861 bits per heavy atom. The molecule has 1 aromatic heterocycles. The van der Waals surface area contributed by atoms with Crippen molar-refractivity contribution >= 4 is 22.6 Å². The Hall–Kier alpha value is -3.87. The zero-order valence-electron chi connectivity index (χ0n) is 20.1. The molecule has 4 rings (SSSR count). The lowest BCUT2D eigenvalue weighted by Crippen LogP contribution is -2.35. The monoisotopic (exact) mass is 492 g/mol. The van der Waals surface area contributed by atoms with Crippen molar-refractivity contribution in [3.05, 3.63) is 95.6 Å². The van der Waals surface area contributed by atoms with Crippen LogP contribution in [0.2, 0.25) is 0 Å². The Labute approximate surface area is 207 Å². The van der Waals surface area contributed by atoms with Crippen LogP contribution in [0.3, 0.4) is 0 Å². The van der Waals surface area contributed by atoms with Gasteiger partial charge in [0.25, 0.3) is 0 Å². The van der Waals surface area contributed by atoms with Crippen molar-refractivity contribution in [2.24, 2.45) is 11.1 Å². The van der Waals surface area contributed by atoms with Crippen molar-refractivity contribution < 1.29 is 22.8 Å².